The van der Waals surface area contributed by atoms with Crippen molar-refractivity contribution in [2.24, 2.45) is 17.6 Å². The minimum Gasteiger partial charge on any atom is -0.488 e. The standard InChI is InChI=1S/C47H52N8O8/c1-25(2)39(53-47(59)61-4)44(56)54-16-8-11-36(54)43-50-34-15-13-28-19-33-31-14-12-29(18-30(31)24-62-38(33)20-32(28)40(34)52-43)35-21-49-42(51-35)37-17-26(23-60-3)22-55(37)45(57)41(63-46(48)58)27-9-6-5-7-10-27/h5-7,9-10,12,14,18-21,25-26,36-37,39,41H,8,11,13,15-17,22-24H2,1-4H3,(H2,48,58)(H,49,51)(H,50,52)(H,53,59)/t26-,36-,37-,39-,41+/m0/s1. The summed E-state index contributed by atoms with van der Waals surface area (Å²) in [5.41, 5.74) is 15.0. The van der Waals surface area contributed by atoms with Crippen molar-refractivity contribution in [1.29, 1.82) is 0 Å². The second kappa shape index (κ2) is 17.2. The first-order valence-electron chi connectivity index (χ1n) is 21.5. The molecule has 5 atom stereocenters. The lowest BCUT2D eigenvalue weighted by molar-refractivity contribution is -0.142. The van der Waals surface area contributed by atoms with Crippen molar-refractivity contribution in [2.75, 3.05) is 33.9 Å². The van der Waals surface area contributed by atoms with E-state index in [0.29, 0.717) is 44.1 Å². The highest BCUT2D eigenvalue weighted by atomic mass is 16.6. The number of primary amides is 1. The third-order valence-corrected chi connectivity index (χ3v) is 12.8. The highest BCUT2D eigenvalue weighted by molar-refractivity contribution is 5.87. The Morgan fingerprint density at radius 3 is 2.51 bits per heavy atom. The number of likely N-dealkylation sites (tertiary alicyclic amines) is 2. The molecular formula is C47H52N8O8. The number of methoxy groups -OCH3 is 2. The maximum Gasteiger partial charge on any atom is 0.407 e. The minimum atomic E-state index is -1.20. The molecule has 3 aliphatic heterocycles. The number of aryl methyl sites for hydroxylation is 2. The number of benzene rings is 3. The monoisotopic (exact) mass is 856 g/mol. The highest BCUT2D eigenvalue weighted by Gasteiger charge is 2.42. The molecule has 2 aromatic heterocycles. The molecule has 0 unspecified atom stereocenters. The van der Waals surface area contributed by atoms with Crippen molar-refractivity contribution in [3.63, 3.8) is 0 Å². The van der Waals surface area contributed by atoms with Crippen LogP contribution in [-0.2, 0) is 43.2 Å². The Morgan fingerprint density at radius 1 is 0.921 bits per heavy atom. The molecule has 4 amide bonds. The van der Waals surface area contributed by atoms with Crippen LogP contribution in [0.25, 0.3) is 33.6 Å². The first kappa shape index (κ1) is 41.7. The fourth-order valence-electron chi connectivity index (χ4n) is 9.71. The molecule has 9 rings (SSSR count). The van der Waals surface area contributed by atoms with E-state index in [0.717, 1.165) is 82.2 Å². The molecule has 5 N–H and O–H groups in total. The number of aromatic nitrogens is 4. The van der Waals surface area contributed by atoms with Crippen LogP contribution in [0.2, 0.25) is 0 Å². The largest absolute Gasteiger partial charge is 0.488 e. The molecule has 3 aromatic carbocycles. The molecule has 0 bridgehead atoms. The van der Waals surface area contributed by atoms with E-state index < -0.39 is 30.4 Å². The molecule has 2 fully saturated rings. The van der Waals surface area contributed by atoms with Crippen LogP contribution in [0.1, 0.15) is 85.3 Å². The number of imidazole rings is 2. The van der Waals surface area contributed by atoms with Gasteiger partial charge in [0.05, 0.1) is 43.4 Å². The number of hydrogen-bond acceptors (Lipinski definition) is 10. The van der Waals surface area contributed by atoms with Crippen LogP contribution in [0, 0.1) is 11.8 Å². The molecule has 328 valence electrons. The summed E-state index contributed by atoms with van der Waals surface area (Å²) in [5, 5.41) is 2.73. The molecule has 4 aliphatic rings. The highest BCUT2D eigenvalue weighted by Crippen LogP contribution is 2.46. The molecule has 0 radical (unpaired) electrons. The van der Waals surface area contributed by atoms with Crippen LogP contribution in [-0.4, -0.2) is 93.7 Å². The van der Waals surface area contributed by atoms with Crippen molar-refractivity contribution >= 4 is 24.0 Å². The molecule has 16 nitrogen and oxygen atoms in total. The lowest BCUT2D eigenvalue weighted by Crippen LogP contribution is -2.51. The van der Waals surface area contributed by atoms with Crippen molar-refractivity contribution in [2.45, 2.75) is 76.8 Å². The van der Waals surface area contributed by atoms with Gasteiger partial charge in [0, 0.05) is 48.5 Å². The van der Waals surface area contributed by atoms with Gasteiger partial charge in [0.1, 0.15) is 30.0 Å². The average molecular weight is 857 g/mol. The number of H-pyrrole nitrogens is 2. The molecule has 63 heavy (non-hydrogen) atoms. The van der Waals surface area contributed by atoms with Gasteiger partial charge in [-0.05, 0) is 78.5 Å². The predicted molar refractivity (Wildman–Crippen MR) is 231 cm³/mol. The fourth-order valence-corrected chi connectivity index (χ4v) is 9.71. The van der Waals surface area contributed by atoms with Crippen LogP contribution < -0.4 is 15.8 Å². The SMILES string of the molecule is COC[C@H]1C[C@@H](c2ncc(-c3ccc4c(c3)COc3cc5c(cc3-4)CCc3[nH]c([C@@H]4CCCN4C(=O)[C@@H](NC(=O)OC)C(C)C)nc3-5)[nH]2)N(C(=O)[C@H](OC(N)=O)c2ccccc2)C1. The van der Waals surface area contributed by atoms with E-state index in [-0.39, 0.29) is 29.7 Å². The Morgan fingerprint density at radius 2 is 1.75 bits per heavy atom. The lowest BCUT2D eigenvalue weighted by Gasteiger charge is -2.30. The number of aromatic amines is 2. The summed E-state index contributed by atoms with van der Waals surface area (Å²) in [5.74, 6) is 1.57. The van der Waals surface area contributed by atoms with Crippen LogP contribution in [0.3, 0.4) is 0 Å². The maximum absolute atomic E-state index is 14.1. The van der Waals surface area contributed by atoms with Gasteiger partial charge in [-0.15, -0.1) is 0 Å². The van der Waals surface area contributed by atoms with Crippen molar-refractivity contribution < 1.29 is 38.1 Å². The van der Waals surface area contributed by atoms with Gasteiger partial charge in [-0.3, -0.25) is 9.59 Å². The molecular weight excluding hydrogens is 805 g/mol. The number of rotatable bonds is 11. The van der Waals surface area contributed by atoms with Gasteiger partial charge in [-0.2, -0.15) is 0 Å². The maximum atomic E-state index is 14.1. The molecule has 5 aromatic rings. The minimum absolute atomic E-state index is 0.0463. The number of amides is 4. The van der Waals surface area contributed by atoms with E-state index in [2.05, 4.69) is 45.6 Å². The van der Waals surface area contributed by atoms with Crippen molar-refractivity contribution in [1.82, 2.24) is 35.1 Å². The Balaban J connectivity index is 0.950. The summed E-state index contributed by atoms with van der Waals surface area (Å²) in [4.78, 5) is 72.5. The Labute approximate surface area is 364 Å². The van der Waals surface area contributed by atoms with Crippen molar-refractivity contribution in [3.8, 4) is 39.4 Å². The summed E-state index contributed by atoms with van der Waals surface area (Å²) in [7, 11) is 2.93. The number of ether oxygens (including phenoxy) is 4. The normalized spacial score (nSPS) is 19.6. The van der Waals surface area contributed by atoms with E-state index in [4.69, 9.17) is 34.6 Å². The van der Waals surface area contributed by atoms with E-state index in [1.165, 1.54) is 12.7 Å². The number of nitrogens with one attached hydrogen (secondary N) is 3. The van der Waals surface area contributed by atoms with Gasteiger partial charge in [-0.25, -0.2) is 19.6 Å². The Bertz CT molecular complexity index is 2550. The number of nitrogens with two attached hydrogens (primary N) is 1. The zero-order chi connectivity index (χ0) is 43.9. The molecule has 1 aliphatic carbocycles. The van der Waals surface area contributed by atoms with E-state index in [1.807, 2.05) is 24.8 Å². The third kappa shape index (κ3) is 7.99. The number of carbonyl (C=O) groups is 4. The number of fused-ring (bicyclic) bond motifs is 6. The van der Waals surface area contributed by atoms with Crippen LogP contribution >= 0.6 is 0 Å². The molecule has 16 heteroatoms. The van der Waals surface area contributed by atoms with Gasteiger partial charge in [0.2, 0.25) is 12.0 Å². The Kier molecular flexibility index (Phi) is 11.4. The molecule has 0 saturated carbocycles. The zero-order valence-electron chi connectivity index (χ0n) is 35.8. The second-order valence-corrected chi connectivity index (χ2v) is 17.1. The van der Waals surface area contributed by atoms with E-state index in [9.17, 15) is 19.2 Å². The number of carbonyl (C=O) groups excluding carboxylic acids is 4. The molecule has 0 spiro atoms. The molecule has 2 saturated heterocycles. The molecule has 5 heterocycles. The van der Waals surface area contributed by atoms with Gasteiger partial charge in [0.25, 0.3) is 5.91 Å². The second-order valence-electron chi connectivity index (χ2n) is 17.1. The summed E-state index contributed by atoms with van der Waals surface area (Å²) < 4.78 is 22.1. The van der Waals surface area contributed by atoms with Crippen molar-refractivity contribution in [3.05, 3.63) is 101 Å². The van der Waals surface area contributed by atoms with Gasteiger partial charge in [0.15, 0.2) is 0 Å². The first-order valence-corrected chi connectivity index (χ1v) is 21.5. The predicted octanol–water partition coefficient (Wildman–Crippen LogP) is 6.54. The Hall–Kier alpha value is -6.68. The van der Waals surface area contributed by atoms with Gasteiger partial charge < -0.3 is 49.8 Å². The summed E-state index contributed by atoms with van der Waals surface area (Å²) in [6, 6.07) is 18.1. The number of nitrogens with zero attached hydrogens (tertiary/aromatic N) is 4. The van der Waals surface area contributed by atoms with Crippen LogP contribution in [0.4, 0.5) is 9.59 Å². The summed E-state index contributed by atoms with van der Waals surface area (Å²) in [6.07, 6.45) is 2.75. The van der Waals surface area contributed by atoms with Gasteiger partial charge >= 0.3 is 12.2 Å². The average Bonchev–Trinajstić information content (AvgIpc) is 4.13. The quantitative estimate of drug-likeness (QED) is 0.113. The lowest BCUT2D eigenvalue weighted by atomic mass is 9.86. The summed E-state index contributed by atoms with van der Waals surface area (Å²) in [6.45, 7) is 5.63. The number of hydrogen-bond donors (Lipinski definition) is 4. The third-order valence-electron chi connectivity index (χ3n) is 12.8. The first-order chi connectivity index (χ1) is 30.5. The van der Waals surface area contributed by atoms with E-state index >= 15 is 0 Å². The zero-order valence-corrected chi connectivity index (χ0v) is 35.8. The van der Waals surface area contributed by atoms with E-state index in [1.54, 1.807) is 42.5 Å². The topological polar surface area (TPSA) is 207 Å². The fraction of sp³-hybridized carbons (Fsp3) is 0.404. The summed E-state index contributed by atoms with van der Waals surface area (Å²) >= 11 is 0. The smallest absolute Gasteiger partial charge is 0.407 e. The van der Waals surface area contributed by atoms with Gasteiger partial charge in [-0.1, -0.05) is 56.3 Å². The van der Waals surface area contributed by atoms with Crippen LogP contribution in [0.5, 0.6) is 5.75 Å². The number of alkyl carbamates (subject to hydrolysis) is 1. The van der Waals surface area contributed by atoms with Crippen LogP contribution in [0.15, 0.2) is 66.9 Å².